The van der Waals surface area contributed by atoms with Crippen LogP contribution in [-0.4, -0.2) is 49.3 Å². The van der Waals surface area contributed by atoms with Crippen LogP contribution in [0.25, 0.3) is 0 Å². The molecule has 0 spiro atoms. The van der Waals surface area contributed by atoms with E-state index in [0.29, 0.717) is 12.5 Å². The zero-order valence-corrected chi connectivity index (χ0v) is 10.7. The van der Waals surface area contributed by atoms with E-state index in [9.17, 15) is 9.59 Å². The van der Waals surface area contributed by atoms with Crippen LogP contribution in [0, 0.1) is 0 Å². The highest BCUT2D eigenvalue weighted by molar-refractivity contribution is 5.78. The molecular formula is C11H22N2O4. The number of carboxylic acid groups (broad SMARTS) is 1. The SMILES string of the molecule is COC(CNC(=O)CCCNC(C)C)C(=O)O. The normalized spacial score (nSPS) is 12.5. The van der Waals surface area contributed by atoms with Gasteiger partial charge in [0.2, 0.25) is 5.91 Å². The third-order valence-corrected chi connectivity index (χ3v) is 2.18. The lowest BCUT2D eigenvalue weighted by atomic mass is 10.2. The molecule has 0 rings (SSSR count). The van der Waals surface area contributed by atoms with Gasteiger partial charge in [0, 0.05) is 19.6 Å². The molecule has 6 nitrogen and oxygen atoms in total. The molecule has 0 fully saturated rings. The average Bonchev–Trinajstić information content (AvgIpc) is 2.24. The number of hydrogen-bond acceptors (Lipinski definition) is 4. The summed E-state index contributed by atoms with van der Waals surface area (Å²) >= 11 is 0. The predicted octanol–water partition coefficient (Wildman–Crippen LogP) is -0.0196. The van der Waals surface area contributed by atoms with E-state index in [0.717, 1.165) is 13.0 Å². The Kier molecular flexibility index (Phi) is 8.35. The number of carbonyl (C=O) groups excluding carboxylic acids is 1. The number of aliphatic carboxylic acids is 1. The second kappa shape index (κ2) is 8.95. The van der Waals surface area contributed by atoms with Gasteiger partial charge in [0.15, 0.2) is 6.10 Å². The van der Waals surface area contributed by atoms with Crippen molar-refractivity contribution >= 4 is 11.9 Å². The first kappa shape index (κ1) is 15.9. The summed E-state index contributed by atoms with van der Waals surface area (Å²) < 4.78 is 4.69. The maximum absolute atomic E-state index is 11.3. The Balaban J connectivity index is 3.62. The van der Waals surface area contributed by atoms with Crippen molar-refractivity contribution in [1.82, 2.24) is 10.6 Å². The summed E-state index contributed by atoms with van der Waals surface area (Å²) in [5.41, 5.74) is 0. The molecule has 100 valence electrons. The molecule has 0 radical (unpaired) electrons. The number of ether oxygens (including phenoxy) is 1. The molecule has 0 aromatic heterocycles. The van der Waals surface area contributed by atoms with Crippen molar-refractivity contribution in [2.24, 2.45) is 0 Å². The monoisotopic (exact) mass is 246 g/mol. The van der Waals surface area contributed by atoms with Crippen molar-refractivity contribution in [1.29, 1.82) is 0 Å². The molecule has 0 aromatic carbocycles. The van der Waals surface area contributed by atoms with Crippen molar-refractivity contribution in [3.63, 3.8) is 0 Å². The molecule has 0 bridgehead atoms. The Morgan fingerprint density at radius 2 is 2.00 bits per heavy atom. The van der Waals surface area contributed by atoms with E-state index in [1.54, 1.807) is 0 Å². The van der Waals surface area contributed by atoms with Gasteiger partial charge in [-0.05, 0) is 13.0 Å². The average molecular weight is 246 g/mol. The van der Waals surface area contributed by atoms with E-state index in [-0.39, 0.29) is 12.5 Å². The Morgan fingerprint density at radius 1 is 1.35 bits per heavy atom. The van der Waals surface area contributed by atoms with Gasteiger partial charge in [-0.3, -0.25) is 4.79 Å². The summed E-state index contributed by atoms with van der Waals surface area (Å²) in [5.74, 6) is -1.23. The van der Waals surface area contributed by atoms with Gasteiger partial charge in [0.1, 0.15) is 0 Å². The molecule has 0 aliphatic carbocycles. The molecule has 0 aromatic rings. The lowest BCUT2D eigenvalue weighted by Crippen LogP contribution is -2.38. The van der Waals surface area contributed by atoms with Crippen molar-refractivity contribution in [3.05, 3.63) is 0 Å². The number of nitrogens with one attached hydrogen (secondary N) is 2. The van der Waals surface area contributed by atoms with E-state index in [1.165, 1.54) is 7.11 Å². The van der Waals surface area contributed by atoms with Crippen LogP contribution in [-0.2, 0) is 14.3 Å². The van der Waals surface area contributed by atoms with Crippen LogP contribution in [0.15, 0.2) is 0 Å². The smallest absolute Gasteiger partial charge is 0.334 e. The standard InChI is InChI=1S/C11H22N2O4/c1-8(2)12-6-4-5-10(14)13-7-9(17-3)11(15)16/h8-9,12H,4-7H2,1-3H3,(H,13,14)(H,15,16). The summed E-state index contributed by atoms with van der Waals surface area (Å²) in [6.07, 6.45) is 0.137. The fourth-order valence-electron chi connectivity index (χ4n) is 1.21. The van der Waals surface area contributed by atoms with E-state index in [2.05, 4.69) is 10.6 Å². The quantitative estimate of drug-likeness (QED) is 0.498. The molecule has 0 saturated heterocycles. The molecular weight excluding hydrogens is 224 g/mol. The molecule has 0 saturated carbocycles. The molecule has 1 atom stereocenters. The molecule has 1 unspecified atom stereocenters. The maximum Gasteiger partial charge on any atom is 0.334 e. The summed E-state index contributed by atoms with van der Waals surface area (Å²) in [5, 5.41) is 14.4. The van der Waals surface area contributed by atoms with E-state index < -0.39 is 12.1 Å². The predicted molar refractivity (Wildman–Crippen MR) is 63.8 cm³/mol. The molecule has 17 heavy (non-hydrogen) atoms. The van der Waals surface area contributed by atoms with Crippen molar-refractivity contribution < 1.29 is 19.4 Å². The molecule has 0 heterocycles. The van der Waals surface area contributed by atoms with Crippen LogP contribution >= 0.6 is 0 Å². The fourth-order valence-corrected chi connectivity index (χ4v) is 1.21. The molecule has 1 amide bonds. The van der Waals surface area contributed by atoms with Gasteiger partial charge in [-0.25, -0.2) is 4.79 Å². The number of amides is 1. The second-order valence-electron chi connectivity index (χ2n) is 4.08. The fraction of sp³-hybridized carbons (Fsp3) is 0.818. The zero-order chi connectivity index (χ0) is 13.3. The molecule has 6 heteroatoms. The van der Waals surface area contributed by atoms with Crippen LogP contribution in [0.5, 0.6) is 0 Å². The first-order chi connectivity index (χ1) is 7.97. The van der Waals surface area contributed by atoms with Crippen LogP contribution in [0.1, 0.15) is 26.7 Å². The van der Waals surface area contributed by atoms with Gasteiger partial charge >= 0.3 is 5.97 Å². The largest absolute Gasteiger partial charge is 0.479 e. The van der Waals surface area contributed by atoms with E-state index >= 15 is 0 Å². The minimum atomic E-state index is -1.07. The first-order valence-corrected chi connectivity index (χ1v) is 5.73. The highest BCUT2D eigenvalue weighted by Gasteiger charge is 2.16. The number of hydrogen-bond donors (Lipinski definition) is 3. The Bertz CT molecular complexity index is 244. The van der Waals surface area contributed by atoms with Gasteiger partial charge < -0.3 is 20.5 Å². The first-order valence-electron chi connectivity index (χ1n) is 5.73. The molecule has 3 N–H and O–H groups in total. The minimum absolute atomic E-state index is 0.00226. The third kappa shape index (κ3) is 8.65. The summed E-state index contributed by atoms with van der Waals surface area (Å²) in [7, 11) is 1.30. The van der Waals surface area contributed by atoms with Gasteiger partial charge in [-0.1, -0.05) is 13.8 Å². The highest BCUT2D eigenvalue weighted by atomic mass is 16.5. The third-order valence-electron chi connectivity index (χ3n) is 2.18. The second-order valence-corrected chi connectivity index (χ2v) is 4.08. The number of rotatable bonds is 9. The maximum atomic E-state index is 11.3. The van der Waals surface area contributed by atoms with Gasteiger partial charge in [-0.15, -0.1) is 0 Å². The van der Waals surface area contributed by atoms with Crippen molar-refractivity contribution in [2.45, 2.75) is 38.8 Å². The van der Waals surface area contributed by atoms with Crippen molar-refractivity contribution in [2.75, 3.05) is 20.2 Å². The van der Waals surface area contributed by atoms with Gasteiger partial charge in [0.05, 0.1) is 6.54 Å². The van der Waals surface area contributed by atoms with Gasteiger partial charge in [0.25, 0.3) is 0 Å². The summed E-state index contributed by atoms with van der Waals surface area (Å²) in [4.78, 5) is 21.9. The zero-order valence-electron chi connectivity index (χ0n) is 10.7. The van der Waals surface area contributed by atoms with Gasteiger partial charge in [-0.2, -0.15) is 0 Å². The van der Waals surface area contributed by atoms with Crippen LogP contribution < -0.4 is 10.6 Å². The van der Waals surface area contributed by atoms with Crippen LogP contribution in [0.2, 0.25) is 0 Å². The number of methoxy groups -OCH3 is 1. The molecule has 0 aliphatic heterocycles. The molecule has 0 aliphatic rings. The Morgan fingerprint density at radius 3 is 2.47 bits per heavy atom. The Hall–Kier alpha value is -1.14. The highest BCUT2D eigenvalue weighted by Crippen LogP contribution is 1.91. The lowest BCUT2D eigenvalue weighted by molar-refractivity contribution is -0.148. The van der Waals surface area contributed by atoms with Crippen LogP contribution in [0.4, 0.5) is 0 Å². The number of carbonyl (C=O) groups is 2. The number of carboxylic acids is 1. The van der Waals surface area contributed by atoms with E-state index in [4.69, 9.17) is 9.84 Å². The van der Waals surface area contributed by atoms with Crippen molar-refractivity contribution in [3.8, 4) is 0 Å². The lowest BCUT2D eigenvalue weighted by Gasteiger charge is -2.12. The summed E-state index contributed by atoms with van der Waals surface area (Å²) in [6.45, 7) is 4.85. The Labute approximate surface area is 102 Å². The minimum Gasteiger partial charge on any atom is -0.479 e. The summed E-state index contributed by atoms with van der Waals surface area (Å²) in [6, 6.07) is 0.406. The van der Waals surface area contributed by atoms with Crippen LogP contribution in [0.3, 0.4) is 0 Å². The van der Waals surface area contributed by atoms with E-state index in [1.807, 2.05) is 13.8 Å². The topological polar surface area (TPSA) is 87.7 Å².